The molecule has 51 heavy (non-hydrogen) atoms. The van der Waals surface area contributed by atoms with E-state index in [1.54, 1.807) is 12.1 Å². The first-order valence-corrected chi connectivity index (χ1v) is 17.4. The molecule has 1 aliphatic carbocycles. The molecule has 5 rings (SSSR count). The lowest BCUT2D eigenvalue weighted by molar-refractivity contribution is -0.137. The number of hydrogen-bond acceptors (Lipinski definition) is 9. The minimum Gasteiger partial charge on any atom is -0.492 e. The van der Waals surface area contributed by atoms with Gasteiger partial charge in [0, 0.05) is 42.4 Å². The number of hydrogen-bond donors (Lipinski definition) is 3. The van der Waals surface area contributed by atoms with Crippen molar-refractivity contribution in [3.8, 4) is 16.9 Å². The molecule has 0 saturated heterocycles. The molecule has 0 bridgehead atoms. The molecule has 0 saturated carbocycles. The number of carbonyl (C=O) groups excluding carboxylic acids is 2. The van der Waals surface area contributed by atoms with Crippen molar-refractivity contribution in [2.45, 2.75) is 51.6 Å². The Labute approximate surface area is 303 Å². The Balaban J connectivity index is 1.06. The van der Waals surface area contributed by atoms with Crippen molar-refractivity contribution >= 4 is 45.1 Å². The topological polar surface area (TPSA) is 163 Å². The molecule has 13 heteroatoms. The number of rotatable bonds is 15. The third kappa shape index (κ3) is 9.47. The number of ether oxygens (including phenoxy) is 4. The van der Waals surface area contributed by atoms with E-state index in [-0.39, 0.29) is 64.0 Å². The maximum atomic E-state index is 13.1. The molecule has 4 aromatic rings. The van der Waals surface area contributed by atoms with Gasteiger partial charge in [-0.1, -0.05) is 69.3 Å². The van der Waals surface area contributed by atoms with E-state index in [2.05, 4.69) is 50.8 Å². The van der Waals surface area contributed by atoms with Crippen LogP contribution >= 0.6 is 15.9 Å². The monoisotopic (exact) mass is 764 g/mol. The first-order chi connectivity index (χ1) is 24.4. The number of carbonyl (C=O) groups is 3. The fourth-order valence-corrected chi connectivity index (χ4v) is 6.54. The third-order valence-electron chi connectivity index (χ3n) is 8.33. The molecule has 12 nitrogen and oxygen atoms in total. The Morgan fingerprint density at radius 1 is 0.882 bits per heavy atom. The van der Waals surface area contributed by atoms with Gasteiger partial charge in [0.25, 0.3) is 0 Å². The van der Waals surface area contributed by atoms with E-state index in [4.69, 9.17) is 28.5 Å². The summed E-state index contributed by atoms with van der Waals surface area (Å²) in [6.07, 6.45) is -0.963. The van der Waals surface area contributed by atoms with E-state index in [0.29, 0.717) is 33.2 Å². The zero-order valence-corrected chi connectivity index (χ0v) is 30.3. The summed E-state index contributed by atoms with van der Waals surface area (Å²) >= 11 is 3.48. The molecule has 270 valence electrons. The average molecular weight is 766 g/mol. The number of benzene rings is 3. The lowest BCUT2D eigenvalue weighted by atomic mass is 9.84. The summed E-state index contributed by atoms with van der Waals surface area (Å²) in [4.78, 5) is 48.9. The fraction of sp³-hybridized carbons (Fsp3) is 0.368. The molecular formula is C38H41BrN2O10. The second-order valence-electron chi connectivity index (χ2n) is 13.0. The zero-order valence-electron chi connectivity index (χ0n) is 28.7. The highest BCUT2D eigenvalue weighted by Crippen LogP contribution is 2.44. The minimum atomic E-state index is -0.918. The quantitative estimate of drug-likeness (QED) is 0.0860. The van der Waals surface area contributed by atoms with Gasteiger partial charge in [0.15, 0.2) is 0 Å². The normalized spacial score (nSPS) is 12.2. The summed E-state index contributed by atoms with van der Waals surface area (Å²) in [6.45, 7) is 6.54. The van der Waals surface area contributed by atoms with Crippen LogP contribution in [-0.2, 0) is 31.0 Å². The van der Waals surface area contributed by atoms with Gasteiger partial charge in [-0.3, -0.25) is 4.79 Å². The van der Waals surface area contributed by atoms with E-state index < -0.39 is 29.2 Å². The average Bonchev–Trinajstić information content (AvgIpc) is 3.40. The summed E-state index contributed by atoms with van der Waals surface area (Å²) < 4.78 is 28.5. The van der Waals surface area contributed by atoms with Crippen molar-refractivity contribution in [2.24, 2.45) is 0 Å². The van der Waals surface area contributed by atoms with Crippen LogP contribution in [0.3, 0.4) is 0 Å². The van der Waals surface area contributed by atoms with Crippen molar-refractivity contribution in [3.63, 3.8) is 0 Å². The standard InChI is InChI=1S/C38H41BrN2O10/c1-38(2,3)34-29(27-19-30(39)32(20-31(27)51-35(34)44)48-16-8-13-33(42)43)22-50-37(46)41-15-18-47-17-14-40-36(45)49-21-28-25-11-6-4-9-23(25)24-10-5-7-12-26(24)28/h4-7,9-12,19-20,28H,8,13-18,21-22H2,1-3H3,(H,40,45)(H,41,46)(H,42,43). The molecule has 2 amide bonds. The lowest BCUT2D eigenvalue weighted by Gasteiger charge is -2.22. The Morgan fingerprint density at radius 2 is 1.49 bits per heavy atom. The minimum absolute atomic E-state index is 0.0272. The maximum absolute atomic E-state index is 13.1. The molecule has 3 N–H and O–H groups in total. The molecule has 1 heterocycles. The molecule has 1 aromatic heterocycles. The van der Waals surface area contributed by atoms with Gasteiger partial charge >= 0.3 is 23.8 Å². The van der Waals surface area contributed by atoms with Crippen LogP contribution in [0, 0.1) is 0 Å². The predicted octanol–water partition coefficient (Wildman–Crippen LogP) is 6.88. The lowest BCUT2D eigenvalue weighted by Crippen LogP contribution is -2.31. The van der Waals surface area contributed by atoms with E-state index >= 15 is 0 Å². The Bertz CT molecular complexity index is 1910. The molecule has 0 aliphatic heterocycles. The number of amides is 2. The highest BCUT2D eigenvalue weighted by molar-refractivity contribution is 9.10. The smallest absolute Gasteiger partial charge is 0.407 e. The van der Waals surface area contributed by atoms with E-state index in [1.807, 2.05) is 45.0 Å². The number of aliphatic carboxylic acids is 1. The Kier molecular flexibility index (Phi) is 12.4. The Morgan fingerprint density at radius 3 is 2.10 bits per heavy atom. The summed E-state index contributed by atoms with van der Waals surface area (Å²) in [5.41, 5.74) is 4.52. The summed E-state index contributed by atoms with van der Waals surface area (Å²) in [5, 5.41) is 14.7. The van der Waals surface area contributed by atoms with Gasteiger partial charge in [-0.15, -0.1) is 0 Å². The van der Waals surface area contributed by atoms with Crippen LogP contribution in [0.25, 0.3) is 22.1 Å². The molecule has 1 aliphatic rings. The van der Waals surface area contributed by atoms with Crippen LogP contribution in [0.5, 0.6) is 5.75 Å². The van der Waals surface area contributed by atoms with Crippen molar-refractivity contribution < 1.29 is 42.9 Å². The number of fused-ring (bicyclic) bond motifs is 4. The largest absolute Gasteiger partial charge is 0.492 e. The van der Waals surface area contributed by atoms with Gasteiger partial charge in [-0.2, -0.15) is 0 Å². The van der Waals surface area contributed by atoms with Crippen molar-refractivity contribution in [1.82, 2.24) is 10.6 Å². The number of carboxylic acid groups (broad SMARTS) is 1. The number of carboxylic acids is 1. The zero-order chi connectivity index (χ0) is 36.5. The number of halogens is 1. The van der Waals surface area contributed by atoms with Gasteiger partial charge < -0.3 is 39.1 Å². The first kappa shape index (κ1) is 37.4. The highest BCUT2D eigenvalue weighted by atomic mass is 79.9. The van der Waals surface area contributed by atoms with E-state index in [1.165, 1.54) is 0 Å². The van der Waals surface area contributed by atoms with Crippen LogP contribution in [-0.4, -0.2) is 62.8 Å². The molecule has 0 spiro atoms. The summed E-state index contributed by atoms with van der Waals surface area (Å²) in [5.74, 6) is -0.558. The molecule has 0 radical (unpaired) electrons. The van der Waals surface area contributed by atoms with Gasteiger partial charge in [-0.05, 0) is 56.1 Å². The number of alkyl carbamates (subject to hydrolysis) is 2. The van der Waals surface area contributed by atoms with Gasteiger partial charge in [0.1, 0.15) is 24.5 Å². The second-order valence-corrected chi connectivity index (χ2v) is 13.8. The molecular weight excluding hydrogens is 724 g/mol. The van der Waals surface area contributed by atoms with E-state index in [9.17, 15) is 19.2 Å². The Hall–Kier alpha value is -4.88. The summed E-state index contributed by atoms with van der Waals surface area (Å²) in [6, 6.07) is 19.5. The third-order valence-corrected chi connectivity index (χ3v) is 8.95. The second kappa shape index (κ2) is 16.9. The molecule has 0 unspecified atom stereocenters. The highest BCUT2D eigenvalue weighted by Gasteiger charge is 2.29. The van der Waals surface area contributed by atoms with Crippen molar-refractivity contribution in [3.05, 3.63) is 97.8 Å². The van der Waals surface area contributed by atoms with Crippen LogP contribution in [0.1, 0.15) is 61.8 Å². The van der Waals surface area contributed by atoms with Crippen molar-refractivity contribution in [1.29, 1.82) is 0 Å². The molecule has 3 aromatic carbocycles. The molecule has 0 atom stereocenters. The first-order valence-electron chi connectivity index (χ1n) is 16.7. The van der Waals surface area contributed by atoms with Crippen LogP contribution in [0.4, 0.5) is 9.59 Å². The fourth-order valence-electron chi connectivity index (χ4n) is 6.08. The van der Waals surface area contributed by atoms with Crippen LogP contribution < -0.4 is 21.0 Å². The SMILES string of the molecule is CC(C)(C)c1c(COC(=O)NCCOCCNC(=O)OCC2c3ccccc3-c3ccccc32)c2cc(Br)c(OCCCC(=O)O)cc2oc1=O. The number of nitrogens with one attached hydrogen (secondary N) is 2. The maximum Gasteiger partial charge on any atom is 0.407 e. The van der Waals surface area contributed by atoms with Crippen LogP contribution in [0.15, 0.2) is 74.3 Å². The van der Waals surface area contributed by atoms with E-state index in [0.717, 1.165) is 22.3 Å². The van der Waals surface area contributed by atoms with Gasteiger partial charge in [0.2, 0.25) is 0 Å². The molecule has 0 fully saturated rings. The van der Waals surface area contributed by atoms with Crippen molar-refractivity contribution in [2.75, 3.05) is 39.5 Å². The summed E-state index contributed by atoms with van der Waals surface area (Å²) in [7, 11) is 0. The predicted molar refractivity (Wildman–Crippen MR) is 193 cm³/mol. The van der Waals surface area contributed by atoms with Gasteiger partial charge in [-0.25, -0.2) is 14.4 Å². The van der Waals surface area contributed by atoms with Crippen LogP contribution in [0.2, 0.25) is 0 Å². The van der Waals surface area contributed by atoms with Gasteiger partial charge in [0.05, 0.1) is 29.9 Å².